The molecule has 24 heavy (non-hydrogen) atoms. The van der Waals surface area contributed by atoms with Crippen molar-refractivity contribution in [1.82, 2.24) is 10.3 Å². The van der Waals surface area contributed by atoms with Crippen molar-refractivity contribution in [2.45, 2.75) is 45.1 Å². The summed E-state index contributed by atoms with van der Waals surface area (Å²) in [7, 11) is 1.22. The summed E-state index contributed by atoms with van der Waals surface area (Å²) >= 11 is 0. The lowest BCUT2D eigenvalue weighted by molar-refractivity contribution is -0.141. The Labute approximate surface area is 140 Å². The van der Waals surface area contributed by atoms with E-state index in [1.54, 1.807) is 13.1 Å². The van der Waals surface area contributed by atoms with Crippen LogP contribution in [-0.2, 0) is 15.5 Å². The fraction of sp³-hybridized carbons (Fsp3) is 0.562. The zero-order valence-electron chi connectivity index (χ0n) is 14.5. The van der Waals surface area contributed by atoms with Gasteiger partial charge in [-0.25, -0.2) is 0 Å². The smallest absolute Gasteiger partial charge is 0.400 e. The molecule has 0 radical (unpaired) electrons. The van der Waals surface area contributed by atoms with E-state index in [2.05, 4.69) is 10.3 Å². The maximum atomic E-state index is 12.6. The van der Waals surface area contributed by atoms with Crippen LogP contribution in [0.25, 0.3) is 6.08 Å². The number of hydrogen-bond donors (Lipinski definition) is 1. The molecule has 0 atom stereocenters. The van der Waals surface area contributed by atoms with Gasteiger partial charge in [0.15, 0.2) is 0 Å². The average molecular weight is 342 g/mol. The molecule has 0 unspecified atom stereocenters. The summed E-state index contributed by atoms with van der Waals surface area (Å²) < 4.78 is 49.8. The molecule has 1 aliphatic heterocycles. The Morgan fingerprint density at radius 1 is 1.21 bits per heavy atom. The first-order chi connectivity index (χ1) is 11.0. The molecule has 8 heteroatoms. The largest absolute Gasteiger partial charge is 0.491 e. The lowest BCUT2D eigenvalue weighted by Gasteiger charge is -2.32. The van der Waals surface area contributed by atoms with Crippen molar-refractivity contribution >= 4 is 13.2 Å². The van der Waals surface area contributed by atoms with E-state index >= 15 is 0 Å². The molecule has 1 aromatic rings. The molecule has 0 aromatic carbocycles. The Balaban J connectivity index is 2.26. The van der Waals surface area contributed by atoms with E-state index in [9.17, 15) is 13.2 Å². The highest BCUT2D eigenvalue weighted by molar-refractivity contribution is 6.55. The summed E-state index contributed by atoms with van der Waals surface area (Å²) in [6, 6.07) is 2.35. The van der Waals surface area contributed by atoms with Gasteiger partial charge in [-0.1, -0.05) is 12.1 Å². The molecular formula is C16H22BF3N2O2. The molecule has 4 nitrogen and oxygen atoms in total. The van der Waals surface area contributed by atoms with Crippen molar-refractivity contribution in [3.05, 3.63) is 35.1 Å². The third-order valence-corrected chi connectivity index (χ3v) is 4.37. The summed E-state index contributed by atoms with van der Waals surface area (Å²) in [5, 5.41) is 3.03. The van der Waals surface area contributed by atoms with Crippen molar-refractivity contribution in [2.75, 3.05) is 13.6 Å². The van der Waals surface area contributed by atoms with Gasteiger partial charge in [0.2, 0.25) is 0 Å². The normalized spacial score (nSPS) is 20.5. The molecule has 1 fully saturated rings. The first-order valence-electron chi connectivity index (χ1n) is 7.70. The van der Waals surface area contributed by atoms with E-state index in [1.807, 2.05) is 27.7 Å². The summed E-state index contributed by atoms with van der Waals surface area (Å²) in [6.07, 6.45) is -1.50. The Kier molecular flexibility index (Phi) is 5.13. The number of nitrogens with zero attached hydrogens (tertiary/aromatic N) is 1. The van der Waals surface area contributed by atoms with Gasteiger partial charge in [-0.2, -0.15) is 13.2 Å². The van der Waals surface area contributed by atoms with Gasteiger partial charge >= 0.3 is 13.3 Å². The number of halogens is 3. The molecule has 1 saturated heterocycles. The second kappa shape index (κ2) is 6.50. The van der Waals surface area contributed by atoms with Crippen molar-refractivity contribution in [2.24, 2.45) is 0 Å². The SMILES string of the molecule is CNCC(=Cc1ccc(C(F)(F)F)nc1)B1OC(C)(C)C(C)(C)O1. The number of hydrogen-bond acceptors (Lipinski definition) is 4. The number of nitrogens with one attached hydrogen (secondary N) is 1. The maximum absolute atomic E-state index is 12.6. The molecule has 1 aromatic heterocycles. The average Bonchev–Trinajstić information content (AvgIpc) is 2.66. The third kappa shape index (κ3) is 3.99. The monoisotopic (exact) mass is 342 g/mol. The van der Waals surface area contributed by atoms with Crippen molar-refractivity contribution in [3.63, 3.8) is 0 Å². The second-order valence-corrected chi connectivity index (χ2v) is 6.81. The van der Waals surface area contributed by atoms with Crippen LogP contribution in [-0.4, -0.2) is 36.9 Å². The highest BCUT2D eigenvalue weighted by atomic mass is 19.4. The number of pyridine rings is 1. The van der Waals surface area contributed by atoms with E-state index in [0.29, 0.717) is 12.1 Å². The van der Waals surface area contributed by atoms with Gasteiger partial charge < -0.3 is 14.6 Å². The van der Waals surface area contributed by atoms with Crippen LogP contribution < -0.4 is 5.32 Å². The number of alkyl halides is 3. The predicted octanol–water partition coefficient (Wildman–Crippen LogP) is 3.33. The minimum Gasteiger partial charge on any atom is -0.400 e. The van der Waals surface area contributed by atoms with Crippen LogP contribution in [0.15, 0.2) is 23.8 Å². The highest BCUT2D eigenvalue weighted by Crippen LogP contribution is 2.38. The Morgan fingerprint density at radius 2 is 1.79 bits per heavy atom. The Morgan fingerprint density at radius 3 is 2.21 bits per heavy atom. The minimum absolute atomic E-state index is 0.483. The molecule has 132 valence electrons. The zero-order valence-corrected chi connectivity index (χ0v) is 14.5. The van der Waals surface area contributed by atoms with Gasteiger partial charge in [0.05, 0.1) is 11.2 Å². The molecular weight excluding hydrogens is 320 g/mol. The van der Waals surface area contributed by atoms with Crippen molar-refractivity contribution in [3.8, 4) is 0 Å². The standard InChI is InChI=1S/C16H22BF3N2O2/c1-14(2)15(3,4)24-17(23-14)12(10-21-5)8-11-6-7-13(22-9-11)16(18,19)20/h6-9,21H,10H2,1-5H3. The van der Waals surface area contributed by atoms with Gasteiger partial charge in [-0.15, -0.1) is 0 Å². The lowest BCUT2D eigenvalue weighted by atomic mass is 9.77. The van der Waals surface area contributed by atoms with E-state index in [0.717, 1.165) is 11.5 Å². The van der Waals surface area contributed by atoms with Crippen molar-refractivity contribution in [1.29, 1.82) is 0 Å². The maximum Gasteiger partial charge on any atom is 0.491 e. The summed E-state index contributed by atoms with van der Waals surface area (Å²) in [6.45, 7) is 8.28. The van der Waals surface area contributed by atoms with Crippen LogP contribution in [0, 0.1) is 0 Å². The third-order valence-electron chi connectivity index (χ3n) is 4.37. The summed E-state index contributed by atoms with van der Waals surface area (Å²) in [5.41, 5.74) is -0.530. The fourth-order valence-corrected chi connectivity index (χ4v) is 2.27. The predicted molar refractivity (Wildman–Crippen MR) is 87.2 cm³/mol. The number of likely N-dealkylation sites (N-methyl/N-ethyl adjacent to an activating group) is 1. The molecule has 1 aliphatic rings. The van der Waals surface area contributed by atoms with Gasteiger partial charge in [-0.05, 0) is 51.8 Å². The van der Waals surface area contributed by atoms with Gasteiger partial charge in [0.25, 0.3) is 0 Å². The molecule has 0 aliphatic carbocycles. The summed E-state index contributed by atoms with van der Waals surface area (Å²) in [4.78, 5) is 3.48. The van der Waals surface area contributed by atoms with Gasteiger partial charge in [0, 0.05) is 12.7 Å². The van der Waals surface area contributed by atoms with E-state index < -0.39 is 30.2 Å². The first kappa shape index (κ1) is 19.0. The first-order valence-corrected chi connectivity index (χ1v) is 7.70. The van der Waals surface area contributed by atoms with Crippen LogP contribution in [0.4, 0.5) is 13.2 Å². The van der Waals surface area contributed by atoms with Crippen LogP contribution in [0.5, 0.6) is 0 Å². The molecule has 1 N–H and O–H groups in total. The molecule has 0 amide bonds. The van der Waals surface area contributed by atoms with Gasteiger partial charge in [-0.3, -0.25) is 4.98 Å². The van der Waals surface area contributed by atoms with E-state index in [1.165, 1.54) is 12.3 Å². The van der Waals surface area contributed by atoms with Crippen LogP contribution in [0.1, 0.15) is 39.0 Å². The summed E-state index contributed by atoms with van der Waals surface area (Å²) in [5.74, 6) is 0. The van der Waals surface area contributed by atoms with Crippen LogP contribution in [0.3, 0.4) is 0 Å². The minimum atomic E-state index is -4.44. The molecule has 0 spiro atoms. The van der Waals surface area contributed by atoms with E-state index in [-0.39, 0.29) is 0 Å². The van der Waals surface area contributed by atoms with Crippen LogP contribution >= 0.6 is 0 Å². The second-order valence-electron chi connectivity index (χ2n) is 6.81. The quantitative estimate of drug-likeness (QED) is 0.853. The van der Waals surface area contributed by atoms with E-state index in [4.69, 9.17) is 9.31 Å². The number of rotatable bonds is 4. The number of aromatic nitrogens is 1. The molecule has 0 bridgehead atoms. The Bertz CT molecular complexity index is 597. The topological polar surface area (TPSA) is 43.4 Å². The zero-order chi connectivity index (χ0) is 18.2. The Hall–Kier alpha value is -1.38. The molecule has 2 rings (SSSR count). The van der Waals surface area contributed by atoms with Crippen LogP contribution in [0.2, 0.25) is 0 Å². The van der Waals surface area contributed by atoms with Gasteiger partial charge in [0.1, 0.15) is 5.69 Å². The van der Waals surface area contributed by atoms with Crippen molar-refractivity contribution < 1.29 is 22.5 Å². The molecule has 2 heterocycles. The highest BCUT2D eigenvalue weighted by Gasteiger charge is 2.52. The fourth-order valence-electron chi connectivity index (χ4n) is 2.27. The molecule has 0 saturated carbocycles. The lowest BCUT2D eigenvalue weighted by Crippen LogP contribution is -2.41.